The monoisotopic (exact) mass is 271 g/mol. The maximum absolute atomic E-state index is 5.96. The third-order valence-corrected chi connectivity index (χ3v) is 4.15. The molecule has 0 spiro atoms. The van der Waals surface area contributed by atoms with Crippen LogP contribution >= 0.6 is 23.4 Å². The van der Waals surface area contributed by atoms with E-state index in [4.69, 9.17) is 11.6 Å². The lowest BCUT2D eigenvalue weighted by Gasteiger charge is -2.17. The van der Waals surface area contributed by atoms with Crippen molar-refractivity contribution in [3.05, 3.63) is 34.3 Å². The van der Waals surface area contributed by atoms with Crippen LogP contribution in [0.25, 0.3) is 0 Å². The fraction of sp³-hybridized carbons (Fsp3) is 0.571. The average molecular weight is 272 g/mol. The van der Waals surface area contributed by atoms with Gasteiger partial charge in [-0.15, -0.1) is 11.8 Å². The molecule has 0 radical (unpaired) electrons. The molecule has 1 unspecified atom stereocenters. The number of aryl methyl sites for hydroxylation is 2. The van der Waals surface area contributed by atoms with Gasteiger partial charge in [0.15, 0.2) is 0 Å². The summed E-state index contributed by atoms with van der Waals surface area (Å²) in [5.74, 6) is 1.16. The fourth-order valence-corrected chi connectivity index (χ4v) is 3.10. The van der Waals surface area contributed by atoms with Gasteiger partial charge in [0.25, 0.3) is 0 Å². The van der Waals surface area contributed by atoms with Crippen LogP contribution in [0, 0.1) is 6.92 Å². The first-order valence-electron chi connectivity index (χ1n) is 6.27. The van der Waals surface area contributed by atoms with Crippen molar-refractivity contribution in [2.24, 2.45) is 0 Å². The second-order valence-electron chi connectivity index (χ2n) is 4.11. The molecule has 0 saturated heterocycles. The number of rotatable bonds is 7. The molecule has 0 aliphatic rings. The quantitative estimate of drug-likeness (QED) is 0.744. The molecule has 0 saturated carbocycles. The number of hydrogen-bond acceptors (Lipinski definition) is 2. The predicted molar refractivity (Wildman–Crippen MR) is 80.1 cm³/mol. The minimum Gasteiger partial charge on any atom is -0.306 e. The van der Waals surface area contributed by atoms with Crippen molar-refractivity contribution >= 4 is 23.4 Å². The van der Waals surface area contributed by atoms with Gasteiger partial charge in [0.1, 0.15) is 0 Å². The minimum atomic E-state index is 0.570. The second-order valence-corrected chi connectivity index (χ2v) is 6.03. The Bertz CT molecular complexity index is 335. The van der Waals surface area contributed by atoms with E-state index in [1.54, 1.807) is 0 Å². The standard InChI is InChI=1S/C14H22ClNS/c1-4-16-14(17-5-2)9-7-12-6-8-13(15)10-11(12)3/h6,8,10,14,16H,4-5,7,9H2,1-3H3. The Morgan fingerprint density at radius 1 is 1.35 bits per heavy atom. The third-order valence-electron chi connectivity index (χ3n) is 2.78. The number of nitrogens with one attached hydrogen (secondary N) is 1. The van der Waals surface area contributed by atoms with Crippen molar-refractivity contribution in [1.29, 1.82) is 0 Å². The summed E-state index contributed by atoms with van der Waals surface area (Å²) in [6.07, 6.45) is 2.29. The topological polar surface area (TPSA) is 12.0 Å². The van der Waals surface area contributed by atoms with Crippen molar-refractivity contribution in [3.63, 3.8) is 0 Å². The highest BCUT2D eigenvalue weighted by Crippen LogP contribution is 2.19. The van der Waals surface area contributed by atoms with Gasteiger partial charge in [0.2, 0.25) is 0 Å². The molecule has 0 heterocycles. The summed E-state index contributed by atoms with van der Waals surface area (Å²) in [5.41, 5.74) is 2.71. The lowest BCUT2D eigenvalue weighted by molar-refractivity contribution is 0.629. The molecule has 96 valence electrons. The SMILES string of the molecule is CCNC(CCc1ccc(Cl)cc1C)SCC. The number of thioether (sulfide) groups is 1. The molecular weight excluding hydrogens is 250 g/mol. The van der Waals surface area contributed by atoms with E-state index in [0.29, 0.717) is 5.37 Å². The van der Waals surface area contributed by atoms with Crippen molar-refractivity contribution in [1.82, 2.24) is 5.32 Å². The summed E-state index contributed by atoms with van der Waals surface area (Å²) in [6, 6.07) is 6.18. The Kier molecular flexibility index (Phi) is 7.02. The Balaban J connectivity index is 2.52. The fourth-order valence-electron chi connectivity index (χ4n) is 1.90. The third kappa shape index (κ3) is 5.33. The highest BCUT2D eigenvalue weighted by atomic mass is 35.5. The lowest BCUT2D eigenvalue weighted by atomic mass is 10.0. The molecular formula is C14H22ClNS. The van der Waals surface area contributed by atoms with Crippen LogP contribution in [0.2, 0.25) is 5.02 Å². The van der Waals surface area contributed by atoms with Crippen LogP contribution in [-0.4, -0.2) is 17.7 Å². The highest BCUT2D eigenvalue weighted by molar-refractivity contribution is 7.99. The summed E-state index contributed by atoms with van der Waals surface area (Å²) in [4.78, 5) is 0. The van der Waals surface area contributed by atoms with Crippen molar-refractivity contribution in [2.45, 2.75) is 39.0 Å². The lowest BCUT2D eigenvalue weighted by Crippen LogP contribution is -2.26. The first-order valence-corrected chi connectivity index (χ1v) is 7.70. The van der Waals surface area contributed by atoms with E-state index in [1.807, 2.05) is 23.9 Å². The first kappa shape index (κ1) is 14.9. The summed E-state index contributed by atoms with van der Waals surface area (Å²) in [5, 5.41) is 4.92. The molecule has 0 aliphatic carbocycles. The summed E-state index contributed by atoms with van der Waals surface area (Å²) >= 11 is 7.95. The summed E-state index contributed by atoms with van der Waals surface area (Å²) in [7, 11) is 0. The van der Waals surface area contributed by atoms with Crippen molar-refractivity contribution in [3.8, 4) is 0 Å². The molecule has 0 amide bonds. The minimum absolute atomic E-state index is 0.570. The van der Waals surface area contributed by atoms with Crippen LogP contribution in [0.15, 0.2) is 18.2 Å². The smallest absolute Gasteiger partial charge is 0.0535 e. The zero-order valence-corrected chi connectivity index (χ0v) is 12.5. The maximum Gasteiger partial charge on any atom is 0.0535 e. The first-order chi connectivity index (χ1) is 8.17. The molecule has 0 bridgehead atoms. The van der Waals surface area contributed by atoms with Crippen LogP contribution in [-0.2, 0) is 6.42 Å². The number of benzene rings is 1. The van der Waals surface area contributed by atoms with E-state index in [-0.39, 0.29) is 0 Å². The van der Waals surface area contributed by atoms with E-state index >= 15 is 0 Å². The van der Waals surface area contributed by atoms with Gasteiger partial charge in [0.05, 0.1) is 5.37 Å². The average Bonchev–Trinajstić information content (AvgIpc) is 2.28. The highest BCUT2D eigenvalue weighted by Gasteiger charge is 2.08. The number of halogens is 1. The molecule has 0 fully saturated rings. The van der Waals surface area contributed by atoms with E-state index in [1.165, 1.54) is 17.5 Å². The van der Waals surface area contributed by atoms with E-state index in [2.05, 4.69) is 32.2 Å². The largest absolute Gasteiger partial charge is 0.306 e. The Morgan fingerprint density at radius 2 is 2.12 bits per heavy atom. The van der Waals surface area contributed by atoms with Crippen LogP contribution in [0.4, 0.5) is 0 Å². The normalized spacial score (nSPS) is 12.7. The van der Waals surface area contributed by atoms with Gasteiger partial charge in [-0.2, -0.15) is 0 Å². The molecule has 3 heteroatoms. The van der Waals surface area contributed by atoms with Gasteiger partial charge in [-0.25, -0.2) is 0 Å². The molecule has 1 N–H and O–H groups in total. The van der Waals surface area contributed by atoms with Crippen LogP contribution < -0.4 is 5.32 Å². The molecule has 1 aromatic rings. The Morgan fingerprint density at radius 3 is 2.71 bits per heavy atom. The van der Waals surface area contributed by atoms with Gasteiger partial charge in [0, 0.05) is 5.02 Å². The maximum atomic E-state index is 5.96. The molecule has 1 aromatic carbocycles. The molecule has 1 atom stereocenters. The zero-order chi connectivity index (χ0) is 12.7. The molecule has 17 heavy (non-hydrogen) atoms. The van der Waals surface area contributed by atoms with Gasteiger partial charge in [-0.3, -0.25) is 0 Å². The Hall–Kier alpha value is -0.180. The van der Waals surface area contributed by atoms with E-state index in [9.17, 15) is 0 Å². The van der Waals surface area contributed by atoms with Crippen LogP contribution in [0.1, 0.15) is 31.4 Å². The van der Waals surface area contributed by atoms with E-state index in [0.717, 1.165) is 23.7 Å². The molecule has 1 rings (SSSR count). The molecule has 0 aromatic heterocycles. The molecule has 0 aliphatic heterocycles. The predicted octanol–water partition coefficient (Wildman–Crippen LogP) is 4.27. The van der Waals surface area contributed by atoms with Gasteiger partial charge in [-0.05, 0) is 55.3 Å². The van der Waals surface area contributed by atoms with E-state index < -0.39 is 0 Å². The van der Waals surface area contributed by atoms with Crippen LogP contribution in [0.3, 0.4) is 0 Å². The van der Waals surface area contributed by atoms with Crippen molar-refractivity contribution in [2.75, 3.05) is 12.3 Å². The van der Waals surface area contributed by atoms with Gasteiger partial charge >= 0.3 is 0 Å². The van der Waals surface area contributed by atoms with Crippen molar-refractivity contribution < 1.29 is 0 Å². The Labute approximate surface area is 114 Å². The zero-order valence-electron chi connectivity index (χ0n) is 10.9. The van der Waals surface area contributed by atoms with Gasteiger partial charge < -0.3 is 5.32 Å². The second kappa shape index (κ2) is 8.02. The summed E-state index contributed by atoms with van der Waals surface area (Å²) in [6.45, 7) is 7.55. The number of hydrogen-bond donors (Lipinski definition) is 1. The van der Waals surface area contributed by atoms with Crippen LogP contribution in [0.5, 0.6) is 0 Å². The summed E-state index contributed by atoms with van der Waals surface area (Å²) < 4.78 is 0. The molecule has 1 nitrogen and oxygen atoms in total. The van der Waals surface area contributed by atoms with Gasteiger partial charge in [-0.1, -0.05) is 31.5 Å².